The van der Waals surface area contributed by atoms with E-state index in [-0.39, 0.29) is 5.58 Å². The molecule has 0 spiro atoms. The molecule has 1 heterocycles. The Morgan fingerprint density at radius 3 is 2.58 bits per heavy atom. The average molecular weight is 338 g/mol. The van der Waals surface area contributed by atoms with Gasteiger partial charge < -0.3 is 14.5 Å². The Hall–Kier alpha value is -3.28. The smallest absolute Gasteiger partial charge is 0.432 e. The monoisotopic (exact) mass is 338 g/mol. The van der Waals surface area contributed by atoms with E-state index < -0.39 is 34.7 Å². The molecule has 0 fully saturated rings. The molecule has 24 heavy (non-hydrogen) atoms. The standard InChI is InChI=1S/C15H9F3N2O4/c1-23-13(21)9(7-19)12(15(16,17)18)20-10-6-8-4-2-3-5-11(8)24-14(10)22/h2-6,20H,1H3/b12-9-. The molecule has 0 aliphatic carbocycles. The first-order valence-corrected chi connectivity index (χ1v) is 6.37. The number of hydrogen-bond donors (Lipinski definition) is 1. The van der Waals surface area contributed by atoms with Crippen LogP contribution in [0.25, 0.3) is 11.0 Å². The van der Waals surface area contributed by atoms with Gasteiger partial charge in [-0.1, -0.05) is 18.2 Å². The lowest BCUT2D eigenvalue weighted by molar-refractivity contribution is -0.136. The zero-order valence-corrected chi connectivity index (χ0v) is 12.1. The highest BCUT2D eigenvalue weighted by atomic mass is 19.4. The van der Waals surface area contributed by atoms with Crippen LogP contribution < -0.4 is 10.9 Å². The fraction of sp³-hybridized carbons (Fsp3) is 0.133. The van der Waals surface area contributed by atoms with Gasteiger partial charge >= 0.3 is 17.8 Å². The number of carbonyl (C=O) groups excluding carboxylic acids is 1. The van der Waals surface area contributed by atoms with E-state index in [2.05, 4.69) is 4.74 Å². The molecule has 9 heteroatoms. The fourth-order valence-corrected chi connectivity index (χ4v) is 1.86. The van der Waals surface area contributed by atoms with Gasteiger partial charge in [0.1, 0.15) is 23.0 Å². The molecule has 0 radical (unpaired) electrons. The number of carbonyl (C=O) groups is 1. The lowest BCUT2D eigenvalue weighted by Gasteiger charge is -2.15. The van der Waals surface area contributed by atoms with Crippen LogP contribution in [0, 0.1) is 11.3 Å². The summed E-state index contributed by atoms with van der Waals surface area (Å²) >= 11 is 0. The Labute approximate surface area is 132 Å². The number of alkyl halides is 3. The topological polar surface area (TPSA) is 92.3 Å². The maximum Gasteiger partial charge on any atom is 0.432 e. The minimum absolute atomic E-state index is 0.180. The Kier molecular flexibility index (Phi) is 4.59. The number of nitriles is 1. The van der Waals surface area contributed by atoms with Crippen molar-refractivity contribution in [2.45, 2.75) is 6.18 Å². The Balaban J connectivity index is 2.62. The van der Waals surface area contributed by atoms with Crippen LogP contribution in [-0.4, -0.2) is 19.3 Å². The van der Waals surface area contributed by atoms with Crippen LogP contribution in [-0.2, 0) is 9.53 Å². The first-order valence-electron chi connectivity index (χ1n) is 6.37. The van der Waals surface area contributed by atoms with Crippen LogP contribution in [0.2, 0.25) is 0 Å². The van der Waals surface area contributed by atoms with Crippen LogP contribution in [0.4, 0.5) is 18.9 Å². The van der Waals surface area contributed by atoms with Crippen molar-refractivity contribution in [2.24, 2.45) is 0 Å². The van der Waals surface area contributed by atoms with E-state index in [1.165, 1.54) is 12.1 Å². The molecule has 6 nitrogen and oxygen atoms in total. The van der Waals surface area contributed by atoms with Gasteiger partial charge in [-0.15, -0.1) is 0 Å². The molecular weight excluding hydrogens is 329 g/mol. The number of ether oxygens (including phenoxy) is 1. The molecule has 2 rings (SSSR count). The van der Waals surface area contributed by atoms with Gasteiger partial charge in [0.2, 0.25) is 0 Å². The van der Waals surface area contributed by atoms with E-state index in [1.807, 2.05) is 0 Å². The molecule has 124 valence electrons. The molecule has 0 saturated carbocycles. The van der Waals surface area contributed by atoms with Gasteiger partial charge in [-0.2, -0.15) is 18.4 Å². The predicted molar refractivity (Wildman–Crippen MR) is 76.8 cm³/mol. The number of halogens is 3. The van der Waals surface area contributed by atoms with Crippen LogP contribution in [0.15, 0.2) is 50.8 Å². The van der Waals surface area contributed by atoms with E-state index >= 15 is 0 Å². The first-order chi connectivity index (χ1) is 11.3. The van der Waals surface area contributed by atoms with E-state index in [4.69, 9.17) is 9.68 Å². The predicted octanol–water partition coefficient (Wildman–Crippen LogP) is 2.72. The van der Waals surface area contributed by atoms with Crippen LogP contribution >= 0.6 is 0 Å². The Morgan fingerprint density at radius 2 is 2.00 bits per heavy atom. The summed E-state index contributed by atoms with van der Waals surface area (Å²) in [4.78, 5) is 23.2. The summed E-state index contributed by atoms with van der Waals surface area (Å²) < 4.78 is 48.6. The highest BCUT2D eigenvalue weighted by Gasteiger charge is 2.40. The summed E-state index contributed by atoms with van der Waals surface area (Å²) in [7, 11) is 0.831. The van der Waals surface area contributed by atoms with Crippen LogP contribution in [0.1, 0.15) is 0 Å². The zero-order valence-electron chi connectivity index (χ0n) is 12.1. The maximum absolute atomic E-state index is 13.2. The van der Waals surface area contributed by atoms with Gasteiger partial charge in [0.15, 0.2) is 5.57 Å². The minimum atomic E-state index is -5.10. The van der Waals surface area contributed by atoms with Gasteiger partial charge in [0, 0.05) is 5.39 Å². The zero-order chi connectivity index (χ0) is 17.9. The molecule has 0 aliphatic heterocycles. The molecule has 0 saturated heterocycles. The van der Waals surface area contributed by atoms with E-state index in [9.17, 15) is 22.8 Å². The van der Waals surface area contributed by atoms with Gasteiger partial charge in [-0.05, 0) is 12.1 Å². The molecule has 2 aromatic rings. The number of nitrogens with one attached hydrogen (secondary N) is 1. The van der Waals surface area contributed by atoms with Crippen LogP contribution in [0.5, 0.6) is 0 Å². The van der Waals surface area contributed by atoms with E-state index in [0.29, 0.717) is 5.39 Å². The molecule has 1 aromatic carbocycles. The Bertz CT molecular complexity index is 923. The minimum Gasteiger partial charge on any atom is -0.465 e. The van der Waals surface area contributed by atoms with Crippen molar-refractivity contribution in [3.05, 3.63) is 52.0 Å². The number of allylic oxidation sites excluding steroid dienone is 1. The van der Waals surface area contributed by atoms with Gasteiger partial charge in [0.05, 0.1) is 7.11 Å². The maximum atomic E-state index is 13.2. The van der Waals surface area contributed by atoms with Crippen molar-refractivity contribution in [2.75, 3.05) is 12.4 Å². The highest BCUT2D eigenvalue weighted by molar-refractivity contribution is 5.94. The second-order valence-electron chi connectivity index (χ2n) is 4.46. The average Bonchev–Trinajstić information content (AvgIpc) is 2.53. The summed E-state index contributed by atoms with van der Waals surface area (Å²) in [6.45, 7) is 0. The molecule has 0 amide bonds. The molecular formula is C15H9F3N2O4. The van der Waals surface area contributed by atoms with Crippen LogP contribution in [0.3, 0.4) is 0 Å². The first kappa shape index (κ1) is 17.1. The normalized spacial score (nSPS) is 12.3. The summed E-state index contributed by atoms with van der Waals surface area (Å²) in [5.74, 6) is -1.48. The van der Waals surface area contributed by atoms with Gasteiger partial charge in [-0.25, -0.2) is 9.59 Å². The third-order valence-electron chi connectivity index (χ3n) is 2.94. The number of anilines is 1. The van der Waals surface area contributed by atoms with Crippen molar-refractivity contribution in [1.82, 2.24) is 0 Å². The van der Waals surface area contributed by atoms with Crippen molar-refractivity contribution in [3.8, 4) is 6.07 Å². The number of rotatable bonds is 3. The highest BCUT2D eigenvalue weighted by Crippen LogP contribution is 2.29. The number of fused-ring (bicyclic) bond motifs is 1. The SMILES string of the molecule is COC(=O)/C(C#N)=C(\Nc1cc2ccccc2oc1=O)C(F)(F)F. The number of para-hydroxylation sites is 1. The third kappa shape index (κ3) is 3.38. The van der Waals surface area contributed by atoms with Crippen molar-refractivity contribution in [3.63, 3.8) is 0 Å². The molecule has 0 atom stereocenters. The molecule has 1 N–H and O–H groups in total. The van der Waals surface area contributed by atoms with Gasteiger partial charge in [-0.3, -0.25) is 0 Å². The number of hydrogen-bond acceptors (Lipinski definition) is 6. The van der Waals surface area contributed by atoms with Crippen molar-refractivity contribution < 1.29 is 27.1 Å². The van der Waals surface area contributed by atoms with E-state index in [0.717, 1.165) is 19.2 Å². The number of nitrogens with zero attached hydrogens (tertiary/aromatic N) is 1. The molecule has 0 aliphatic rings. The molecule has 0 unspecified atom stereocenters. The lowest BCUT2D eigenvalue weighted by atomic mass is 10.2. The van der Waals surface area contributed by atoms with Crippen molar-refractivity contribution >= 4 is 22.6 Å². The number of benzene rings is 1. The van der Waals surface area contributed by atoms with E-state index in [1.54, 1.807) is 17.4 Å². The largest absolute Gasteiger partial charge is 0.465 e. The Morgan fingerprint density at radius 1 is 1.33 bits per heavy atom. The number of esters is 1. The second kappa shape index (κ2) is 6.45. The molecule has 1 aromatic heterocycles. The molecule has 0 bridgehead atoms. The fourth-order valence-electron chi connectivity index (χ4n) is 1.86. The third-order valence-corrected chi connectivity index (χ3v) is 2.94. The quantitative estimate of drug-likeness (QED) is 0.400. The second-order valence-corrected chi connectivity index (χ2v) is 4.46. The lowest BCUT2D eigenvalue weighted by Crippen LogP contribution is -2.26. The summed E-state index contributed by atoms with van der Waals surface area (Å²) in [6.07, 6.45) is -5.10. The van der Waals surface area contributed by atoms with Gasteiger partial charge in [0.25, 0.3) is 0 Å². The van der Waals surface area contributed by atoms with Crippen molar-refractivity contribution in [1.29, 1.82) is 5.26 Å². The number of methoxy groups -OCH3 is 1. The summed E-state index contributed by atoms with van der Waals surface area (Å²) in [5.41, 5.74) is -4.49. The summed E-state index contributed by atoms with van der Waals surface area (Å²) in [6, 6.07) is 8.43. The summed E-state index contributed by atoms with van der Waals surface area (Å²) in [5, 5.41) is 11.0.